The van der Waals surface area contributed by atoms with Crippen LogP contribution in [-0.2, 0) is 4.79 Å². The van der Waals surface area contributed by atoms with Crippen LogP contribution in [0.5, 0.6) is 0 Å². The Kier molecular flexibility index (Phi) is 6.59. The van der Waals surface area contributed by atoms with E-state index in [1.165, 1.54) is 6.42 Å². The lowest BCUT2D eigenvalue weighted by atomic mass is 10.1. The van der Waals surface area contributed by atoms with E-state index < -0.39 is 5.97 Å². The maximum Gasteiger partial charge on any atom is 0.317 e. The molecule has 0 heterocycles. The number of rotatable bonds is 7. The Morgan fingerprint density at radius 2 is 2.08 bits per heavy atom. The molecular formula is C10H21NO2. The first-order valence-corrected chi connectivity index (χ1v) is 5.00. The first-order valence-electron chi connectivity index (χ1n) is 5.00. The summed E-state index contributed by atoms with van der Waals surface area (Å²) >= 11 is 0. The summed E-state index contributed by atoms with van der Waals surface area (Å²) < 4.78 is 0. The monoisotopic (exact) mass is 187 g/mol. The molecule has 0 aromatic heterocycles. The third kappa shape index (κ3) is 7.78. The van der Waals surface area contributed by atoms with E-state index in [4.69, 9.17) is 5.11 Å². The predicted octanol–water partition coefficient (Wildman–Crippen LogP) is 1.83. The molecule has 0 saturated carbocycles. The standard InChI is InChI=1S/C10H21NO2/c1-4-11(8-10(12)13)7-5-6-9(2)3/h9H,4-8H2,1-3H3,(H,12,13). The van der Waals surface area contributed by atoms with Gasteiger partial charge in [0.15, 0.2) is 0 Å². The van der Waals surface area contributed by atoms with E-state index in [1.807, 2.05) is 11.8 Å². The highest BCUT2D eigenvalue weighted by Gasteiger charge is 2.06. The van der Waals surface area contributed by atoms with Gasteiger partial charge in [-0.05, 0) is 31.8 Å². The lowest BCUT2D eigenvalue weighted by molar-refractivity contribution is -0.138. The van der Waals surface area contributed by atoms with Crippen LogP contribution in [0.2, 0.25) is 0 Å². The molecule has 0 fully saturated rings. The van der Waals surface area contributed by atoms with Crippen molar-refractivity contribution >= 4 is 5.97 Å². The van der Waals surface area contributed by atoms with Gasteiger partial charge in [-0.15, -0.1) is 0 Å². The van der Waals surface area contributed by atoms with Gasteiger partial charge < -0.3 is 5.11 Å². The minimum atomic E-state index is -0.730. The van der Waals surface area contributed by atoms with E-state index >= 15 is 0 Å². The van der Waals surface area contributed by atoms with Crippen LogP contribution >= 0.6 is 0 Å². The lowest BCUT2D eigenvalue weighted by Gasteiger charge is -2.18. The highest BCUT2D eigenvalue weighted by atomic mass is 16.4. The molecular weight excluding hydrogens is 166 g/mol. The molecule has 3 nitrogen and oxygen atoms in total. The van der Waals surface area contributed by atoms with E-state index in [-0.39, 0.29) is 6.54 Å². The normalized spacial score (nSPS) is 11.2. The first-order chi connectivity index (χ1) is 6.06. The van der Waals surface area contributed by atoms with Crippen molar-refractivity contribution in [3.63, 3.8) is 0 Å². The molecule has 78 valence electrons. The minimum absolute atomic E-state index is 0.175. The Hall–Kier alpha value is -0.570. The molecule has 0 aliphatic rings. The molecule has 0 amide bonds. The maximum absolute atomic E-state index is 10.4. The van der Waals surface area contributed by atoms with Crippen LogP contribution in [0.1, 0.15) is 33.6 Å². The fourth-order valence-corrected chi connectivity index (χ4v) is 1.26. The fourth-order valence-electron chi connectivity index (χ4n) is 1.26. The predicted molar refractivity (Wildman–Crippen MR) is 53.8 cm³/mol. The molecule has 0 aromatic rings. The number of carboxylic acids is 1. The molecule has 0 rings (SSSR count). The molecule has 3 heteroatoms. The second-order valence-corrected chi connectivity index (χ2v) is 3.80. The average Bonchev–Trinajstić information content (AvgIpc) is 2.01. The van der Waals surface area contributed by atoms with Gasteiger partial charge in [0.1, 0.15) is 0 Å². The molecule has 0 bridgehead atoms. The molecule has 13 heavy (non-hydrogen) atoms. The Labute approximate surface area is 80.7 Å². The van der Waals surface area contributed by atoms with Crippen LogP contribution in [0, 0.1) is 5.92 Å². The molecule has 0 unspecified atom stereocenters. The summed E-state index contributed by atoms with van der Waals surface area (Å²) in [6.45, 7) is 8.28. The van der Waals surface area contributed by atoms with Crippen LogP contribution in [0.4, 0.5) is 0 Å². The van der Waals surface area contributed by atoms with Crippen molar-refractivity contribution in [3.8, 4) is 0 Å². The number of carbonyl (C=O) groups is 1. The lowest BCUT2D eigenvalue weighted by Crippen LogP contribution is -2.30. The molecule has 0 saturated heterocycles. The van der Waals surface area contributed by atoms with Crippen molar-refractivity contribution in [1.29, 1.82) is 0 Å². The van der Waals surface area contributed by atoms with Gasteiger partial charge >= 0.3 is 5.97 Å². The topological polar surface area (TPSA) is 40.5 Å². The van der Waals surface area contributed by atoms with Crippen molar-refractivity contribution in [2.75, 3.05) is 19.6 Å². The fraction of sp³-hybridized carbons (Fsp3) is 0.900. The zero-order valence-electron chi connectivity index (χ0n) is 8.92. The second-order valence-electron chi connectivity index (χ2n) is 3.80. The largest absolute Gasteiger partial charge is 0.480 e. The summed E-state index contributed by atoms with van der Waals surface area (Å²) in [5, 5.41) is 8.58. The van der Waals surface area contributed by atoms with Gasteiger partial charge in [-0.3, -0.25) is 9.69 Å². The van der Waals surface area contributed by atoms with Gasteiger partial charge in [0.25, 0.3) is 0 Å². The van der Waals surface area contributed by atoms with E-state index in [0.717, 1.165) is 19.5 Å². The Balaban J connectivity index is 3.53. The number of hydrogen-bond donors (Lipinski definition) is 1. The summed E-state index contributed by atoms with van der Waals surface area (Å²) in [5.74, 6) is -0.0186. The highest BCUT2D eigenvalue weighted by Crippen LogP contribution is 2.04. The van der Waals surface area contributed by atoms with Crippen LogP contribution in [0.25, 0.3) is 0 Å². The maximum atomic E-state index is 10.4. The van der Waals surface area contributed by atoms with E-state index in [1.54, 1.807) is 0 Å². The van der Waals surface area contributed by atoms with Crippen molar-refractivity contribution in [3.05, 3.63) is 0 Å². The third-order valence-electron chi connectivity index (χ3n) is 2.06. The number of nitrogens with zero attached hydrogens (tertiary/aromatic N) is 1. The van der Waals surface area contributed by atoms with Crippen LogP contribution in [-0.4, -0.2) is 35.6 Å². The van der Waals surface area contributed by atoms with Crippen molar-refractivity contribution < 1.29 is 9.90 Å². The summed E-state index contributed by atoms with van der Waals surface area (Å²) in [5.41, 5.74) is 0. The van der Waals surface area contributed by atoms with Gasteiger partial charge in [-0.25, -0.2) is 0 Å². The van der Waals surface area contributed by atoms with Gasteiger partial charge in [0.2, 0.25) is 0 Å². The van der Waals surface area contributed by atoms with Crippen molar-refractivity contribution in [2.45, 2.75) is 33.6 Å². The zero-order valence-corrected chi connectivity index (χ0v) is 8.92. The summed E-state index contributed by atoms with van der Waals surface area (Å²) in [4.78, 5) is 12.4. The second kappa shape index (κ2) is 6.89. The highest BCUT2D eigenvalue weighted by molar-refractivity contribution is 5.69. The van der Waals surface area contributed by atoms with Gasteiger partial charge in [0.05, 0.1) is 6.54 Å². The number of aliphatic carboxylic acids is 1. The number of hydrogen-bond acceptors (Lipinski definition) is 2. The zero-order chi connectivity index (χ0) is 10.3. The summed E-state index contributed by atoms with van der Waals surface area (Å²) in [7, 11) is 0. The van der Waals surface area contributed by atoms with E-state index in [0.29, 0.717) is 5.92 Å². The Morgan fingerprint density at radius 3 is 2.46 bits per heavy atom. The molecule has 0 radical (unpaired) electrons. The Morgan fingerprint density at radius 1 is 1.46 bits per heavy atom. The van der Waals surface area contributed by atoms with Crippen LogP contribution in [0.3, 0.4) is 0 Å². The molecule has 0 atom stereocenters. The average molecular weight is 187 g/mol. The third-order valence-corrected chi connectivity index (χ3v) is 2.06. The van der Waals surface area contributed by atoms with Gasteiger partial charge in [-0.1, -0.05) is 20.8 Å². The smallest absolute Gasteiger partial charge is 0.317 e. The van der Waals surface area contributed by atoms with Gasteiger partial charge in [-0.2, -0.15) is 0 Å². The first kappa shape index (κ1) is 12.4. The molecule has 0 aliphatic heterocycles. The summed E-state index contributed by atoms with van der Waals surface area (Å²) in [6.07, 6.45) is 2.27. The molecule has 0 aliphatic carbocycles. The minimum Gasteiger partial charge on any atom is -0.480 e. The van der Waals surface area contributed by atoms with Crippen molar-refractivity contribution in [1.82, 2.24) is 4.90 Å². The molecule has 0 aromatic carbocycles. The number of carboxylic acid groups (broad SMARTS) is 1. The van der Waals surface area contributed by atoms with E-state index in [9.17, 15) is 4.79 Å². The quantitative estimate of drug-likeness (QED) is 0.661. The van der Waals surface area contributed by atoms with Gasteiger partial charge in [0, 0.05) is 0 Å². The Bertz CT molecular complexity index is 146. The van der Waals surface area contributed by atoms with Crippen molar-refractivity contribution in [2.24, 2.45) is 5.92 Å². The SMILES string of the molecule is CCN(CCCC(C)C)CC(=O)O. The summed E-state index contributed by atoms with van der Waals surface area (Å²) in [6, 6.07) is 0. The molecule has 1 N–H and O–H groups in total. The van der Waals surface area contributed by atoms with E-state index in [2.05, 4.69) is 13.8 Å². The van der Waals surface area contributed by atoms with Crippen LogP contribution < -0.4 is 0 Å². The molecule has 0 spiro atoms. The van der Waals surface area contributed by atoms with Crippen LogP contribution in [0.15, 0.2) is 0 Å². The number of likely N-dealkylation sites (N-methyl/N-ethyl adjacent to an activating group) is 1.